The van der Waals surface area contributed by atoms with Gasteiger partial charge in [0.25, 0.3) is 0 Å². The Balaban J connectivity index is 2.61. The maximum Gasteiger partial charge on any atom is 0.341 e. The van der Waals surface area contributed by atoms with E-state index in [1.807, 2.05) is 0 Å². The highest BCUT2D eigenvalue weighted by Gasteiger charge is 2.28. The van der Waals surface area contributed by atoms with Crippen LogP contribution in [0, 0.1) is 40.1 Å². The summed E-state index contributed by atoms with van der Waals surface area (Å²) in [5.41, 5.74) is -2.21. The van der Waals surface area contributed by atoms with Crippen LogP contribution in [0.5, 0.6) is 11.5 Å². The van der Waals surface area contributed by atoms with Crippen LogP contribution in [0.2, 0.25) is 0 Å². The van der Waals surface area contributed by atoms with Crippen LogP contribution in [-0.2, 0) is 4.74 Å². The first-order chi connectivity index (χ1) is 12.0. The molecule has 126 valence electrons. The summed E-state index contributed by atoms with van der Waals surface area (Å²) in [6.45, 7) is 1.62. The molecule has 0 aliphatic heterocycles. The van der Waals surface area contributed by atoms with E-state index < -0.39 is 40.3 Å². The van der Waals surface area contributed by atoms with E-state index in [1.54, 1.807) is 6.92 Å². The highest BCUT2D eigenvalue weighted by Crippen LogP contribution is 2.35. The number of carbonyl (C=O) groups excluding carboxylic acids is 1. The van der Waals surface area contributed by atoms with Crippen molar-refractivity contribution in [2.45, 2.75) is 6.92 Å². The number of carbonyl (C=O) groups is 1. The fraction of sp³-hybridized carbons (Fsp3) is 0.118. The molecule has 25 heavy (non-hydrogen) atoms. The lowest BCUT2D eigenvalue weighted by atomic mass is 10.1. The van der Waals surface area contributed by atoms with Gasteiger partial charge in [0.1, 0.15) is 34.6 Å². The lowest BCUT2D eigenvalue weighted by molar-refractivity contribution is 0.0523. The Labute approximate surface area is 140 Å². The zero-order chi connectivity index (χ0) is 18.6. The van der Waals surface area contributed by atoms with Gasteiger partial charge in [0.05, 0.1) is 6.61 Å². The number of ether oxygens (including phenoxy) is 2. The smallest absolute Gasteiger partial charge is 0.341 e. The number of nitriles is 2. The normalized spacial score (nSPS) is 9.84. The minimum Gasteiger partial charge on any atom is -0.462 e. The Morgan fingerprint density at radius 1 is 1.04 bits per heavy atom. The molecule has 0 amide bonds. The second-order valence-corrected chi connectivity index (χ2v) is 4.56. The Bertz CT molecular complexity index is 930. The summed E-state index contributed by atoms with van der Waals surface area (Å²) in [5.74, 6) is -7.39. The summed E-state index contributed by atoms with van der Waals surface area (Å²) in [5, 5.41) is 17.6. The van der Waals surface area contributed by atoms with Crippen molar-refractivity contribution in [1.82, 2.24) is 0 Å². The monoisotopic (exact) mass is 346 g/mol. The molecule has 2 rings (SSSR count). The van der Waals surface area contributed by atoms with Crippen LogP contribution >= 0.6 is 0 Å². The lowest BCUT2D eigenvalue weighted by Crippen LogP contribution is -2.08. The Kier molecular flexibility index (Phi) is 5.25. The predicted octanol–water partition coefficient (Wildman–Crippen LogP) is 3.82. The van der Waals surface area contributed by atoms with E-state index in [0.717, 1.165) is 0 Å². The Morgan fingerprint density at radius 3 is 2.24 bits per heavy atom. The van der Waals surface area contributed by atoms with Gasteiger partial charge in [0.15, 0.2) is 11.6 Å². The molecule has 5 nitrogen and oxygen atoms in total. The van der Waals surface area contributed by atoms with E-state index in [9.17, 15) is 18.0 Å². The highest BCUT2D eigenvalue weighted by molar-refractivity contribution is 5.92. The summed E-state index contributed by atoms with van der Waals surface area (Å²) in [4.78, 5) is 11.9. The molecule has 0 radical (unpaired) electrons. The van der Waals surface area contributed by atoms with Crippen molar-refractivity contribution < 1.29 is 27.4 Å². The maximum atomic E-state index is 14.3. The number of para-hydroxylation sites is 1. The number of esters is 1. The Morgan fingerprint density at radius 2 is 1.64 bits per heavy atom. The standard InChI is InChI=1S/C17H9F3N2O3/c1-2-24-17(23)9-5-3-4-6-12(9)25-16-14(19)11(8-22)10(7-21)13(18)15(16)20/h3-6H,2H2,1H3. The molecule has 0 aliphatic carbocycles. The van der Waals surface area contributed by atoms with Crippen molar-refractivity contribution >= 4 is 5.97 Å². The van der Waals surface area contributed by atoms with Crippen LogP contribution in [-0.4, -0.2) is 12.6 Å². The third-order valence-corrected chi connectivity index (χ3v) is 3.10. The number of rotatable bonds is 4. The van der Waals surface area contributed by atoms with Crippen LogP contribution in [0.1, 0.15) is 28.4 Å². The minimum absolute atomic E-state index is 0.0555. The first kappa shape index (κ1) is 17.8. The molecule has 8 heteroatoms. The lowest BCUT2D eigenvalue weighted by Gasteiger charge is -2.13. The van der Waals surface area contributed by atoms with Crippen LogP contribution in [0.3, 0.4) is 0 Å². The third-order valence-electron chi connectivity index (χ3n) is 3.10. The summed E-state index contributed by atoms with van der Waals surface area (Å²) >= 11 is 0. The highest BCUT2D eigenvalue weighted by atomic mass is 19.2. The first-order valence-corrected chi connectivity index (χ1v) is 6.90. The molecule has 0 bridgehead atoms. The fourth-order valence-corrected chi connectivity index (χ4v) is 1.98. The van der Waals surface area contributed by atoms with E-state index >= 15 is 0 Å². The molecule has 0 unspecified atom stereocenters. The number of hydrogen-bond donors (Lipinski definition) is 0. The van der Waals surface area contributed by atoms with Gasteiger partial charge in [-0.2, -0.15) is 14.9 Å². The SMILES string of the molecule is CCOC(=O)c1ccccc1Oc1c(F)c(F)c(C#N)c(C#N)c1F. The molecule has 2 aromatic rings. The average molecular weight is 346 g/mol. The number of nitrogens with zero attached hydrogens (tertiary/aromatic N) is 2. The van der Waals surface area contributed by atoms with Crippen LogP contribution in [0.15, 0.2) is 24.3 Å². The number of benzene rings is 2. The zero-order valence-electron chi connectivity index (χ0n) is 12.8. The van der Waals surface area contributed by atoms with Gasteiger partial charge in [-0.15, -0.1) is 0 Å². The molecular formula is C17H9F3N2O3. The van der Waals surface area contributed by atoms with Gasteiger partial charge in [-0.25, -0.2) is 13.6 Å². The van der Waals surface area contributed by atoms with Gasteiger partial charge in [0.2, 0.25) is 11.6 Å². The van der Waals surface area contributed by atoms with E-state index in [2.05, 4.69) is 0 Å². The summed E-state index contributed by atoms with van der Waals surface area (Å²) < 4.78 is 52.1. The van der Waals surface area contributed by atoms with Crippen molar-refractivity contribution in [3.8, 4) is 23.6 Å². The van der Waals surface area contributed by atoms with E-state index in [1.165, 1.54) is 36.4 Å². The summed E-state index contributed by atoms with van der Waals surface area (Å²) in [6, 6.07) is 7.90. The molecule has 0 spiro atoms. The van der Waals surface area contributed by atoms with Crippen molar-refractivity contribution in [1.29, 1.82) is 10.5 Å². The number of hydrogen-bond acceptors (Lipinski definition) is 5. The van der Waals surface area contributed by atoms with Crippen molar-refractivity contribution in [2.75, 3.05) is 6.61 Å². The molecule has 0 aromatic heterocycles. The first-order valence-electron chi connectivity index (χ1n) is 6.90. The molecule has 0 atom stereocenters. The van der Waals surface area contributed by atoms with E-state index in [0.29, 0.717) is 0 Å². The average Bonchev–Trinajstić information content (AvgIpc) is 2.62. The molecular weight excluding hydrogens is 337 g/mol. The fourth-order valence-electron chi connectivity index (χ4n) is 1.98. The molecule has 0 fully saturated rings. The summed E-state index contributed by atoms with van der Waals surface area (Å²) in [6.07, 6.45) is 0. The molecule has 0 heterocycles. The largest absolute Gasteiger partial charge is 0.462 e. The second-order valence-electron chi connectivity index (χ2n) is 4.56. The van der Waals surface area contributed by atoms with Crippen LogP contribution in [0.4, 0.5) is 13.2 Å². The minimum atomic E-state index is -1.79. The topological polar surface area (TPSA) is 83.1 Å². The molecule has 0 aliphatic rings. The predicted molar refractivity (Wildman–Crippen MR) is 78.2 cm³/mol. The van der Waals surface area contributed by atoms with Gasteiger partial charge in [-0.3, -0.25) is 0 Å². The third kappa shape index (κ3) is 3.24. The van der Waals surface area contributed by atoms with Crippen molar-refractivity contribution in [3.05, 3.63) is 58.4 Å². The van der Waals surface area contributed by atoms with Gasteiger partial charge in [-0.05, 0) is 19.1 Å². The van der Waals surface area contributed by atoms with Gasteiger partial charge in [0, 0.05) is 0 Å². The van der Waals surface area contributed by atoms with Crippen LogP contribution < -0.4 is 4.74 Å². The quantitative estimate of drug-likeness (QED) is 0.621. The zero-order valence-corrected chi connectivity index (χ0v) is 12.8. The number of halogens is 3. The van der Waals surface area contributed by atoms with E-state index in [-0.39, 0.29) is 17.9 Å². The molecule has 0 saturated carbocycles. The Hall–Kier alpha value is -3.52. The second kappa shape index (κ2) is 7.37. The molecule has 0 saturated heterocycles. The van der Waals surface area contributed by atoms with Gasteiger partial charge < -0.3 is 9.47 Å². The molecule has 2 aromatic carbocycles. The van der Waals surface area contributed by atoms with E-state index in [4.69, 9.17) is 20.0 Å². The summed E-state index contributed by atoms with van der Waals surface area (Å²) in [7, 11) is 0. The molecule has 0 N–H and O–H groups in total. The maximum absolute atomic E-state index is 14.3. The van der Waals surface area contributed by atoms with Crippen molar-refractivity contribution in [2.24, 2.45) is 0 Å². The van der Waals surface area contributed by atoms with Gasteiger partial charge >= 0.3 is 5.97 Å². The van der Waals surface area contributed by atoms with Gasteiger partial charge in [-0.1, -0.05) is 12.1 Å². The van der Waals surface area contributed by atoms with Crippen LogP contribution in [0.25, 0.3) is 0 Å². The van der Waals surface area contributed by atoms with Crippen molar-refractivity contribution in [3.63, 3.8) is 0 Å².